The number of ether oxygens (including phenoxy) is 1. The van der Waals surface area contributed by atoms with Crippen molar-refractivity contribution in [2.24, 2.45) is 17.6 Å². The van der Waals surface area contributed by atoms with Gasteiger partial charge < -0.3 is 15.4 Å². The van der Waals surface area contributed by atoms with Gasteiger partial charge in [0, 0.05) is 25.2 Å². The smallest absolute Gasteiger partial charge is 0.310 e. The van der Waals surface area contributed by atoms with E-state index in [0.29, 0.717) is 11.8 Å². The maximum atomic E-state index is 12.3. The predicted octanol–water partition coefficient (Wildman–Crippen LogP) is 1.56. The van der Waals surface area contributed by atoms with Gasteiger partial charge in [0.25, 0.3) is 0 Å². The molecule has 3 atom stereocenters. The fourth-order valence-electron chi connectivity index (χ4n) is 3.65. The molecule has 7 heteroatoms. The van der Waals surface area contributed by atoms with E-state index in [2.05, 4.69) is 0 Å². The van der Waals surface area contributed by atoms with Gasteiger partial charge in [-0.25, -0.2) is 0 Å². The van der Waals surface area contributed by atoms with E-state index in [4.69, 9.17) is 10.5 Å². The third-order valence-corrected chi connectivity index (χ3v) is 4.90. The highest BCUT2D eigenvalue weighted by Crippen LogP contribution is 2.37. The summed E-state index contributed by atoms with van der Waals surface area (Å²) in [6.07, 6.45) is 2.38. The van der Waals surface area contributed by atoms with E-state index in [-0.39, 0.29) is 36.4 Å². The first-order chi connectivity index (χ1) is 11.1. The first-order valence-corrected chi connectivity index (χ1v) is 7.96. The lowest BCUT2D eigenvalue weighted by Gasteiger charge is -2.18. The molecule has 23 heavy (non-hydrogen) atoms. The molecule has 124 valence electrons. The molecule has 3 unspecified atom stereocenters. The van der Waals surface area contributed by atoms with Crippen LogP contribution in [0.5, 0.6) is 5.75 Å². The van der Waals surface area contributed by atoms with E-state index in [1.54, 1.807) is 18.2 Å². The largest absolute Gasteiger partial charge is 0.486 e. The van der Waals surface area contributed by atoms with Crippen LogP contribution in [0.4, 0.5) is 5.69 Å². The van der Waals surface area contributed by atoms with Gasteiger partial charge in [-0.05, 0) is 30.7 Å². The van der Waals surface area contributed by atoms with Crippen LogP contribution >= 0.6 is 0 Å². The standard InChI is InChI=1S/C16H21N3O4/c17-13-6-5-11-9-18(10-12(11)13)16(20)7-8-23-15-4-2-1-3-14(15)19(21)22/h1-4,11-13H,5-10,17H2. The maximum Gasteiger partial charge on any atom is 0.310 e. The highest BCUT2D eigenvalue weighted by molar-refractivity contribution is 5.76. The van der Waals surface area contributed by atoms with Gasteiger partial charge in [0.2, 0.25) is 5.91 Å². The maximum absolute atomic E-state index is 12.3. The Morgan fingerprint density at radius 1 is 1.35 bits per heavy atom. The van der Waals surface area contributed by atoms with Crippen LogP contribution in [0.1, 0.15) is 19.3 Å². The molecule has 1 saturated heterocycles. The van der Waals surface area contributed by atoms with Gasteiger partial charge in [-0.15, -0.1) is 0 Å². The van der Waals surface area contributed by atoms with Gasteiger partial charge >= 0.3 is 5.69 Å². The Labute approximate surface area is 134 Å². The van der Waals surface area contributed by atoms with E-state index in [1.807, 2.05) is 4.90 Å². The number of carbonyl (C=O) groups is 1. The van der Waals surface area contributed by atoms with E-state index in [1.165, 1.54) is 6.07 Å². The third kappa shape index (κ3) is 3.29. The summed E-state index contributed by atoms with van der Waals surface area (Å²) in [7, 11) is 0. The summed E-state index contributed by atoms with van der Waals surface area (Å²) in [4.78, 5) is 24.5. The zero-order valence-electron chi connectivity index (χ0n) is 12.9. The van der Waals surface area contributed by atoms with Crippen molar-refractivity contribution < 1.29 is 14.5 Å². The summed E-state index contributed by atoms with van der Waals surface area (Å²) in [5.41, 5.74) is 6.00. The van der Waals surface area contributed by atoms with Crippen LogP contribution in [0.2, 0.25) is 0 Å². The molecule has 2 fully saturated rings. The van der Waals surface area contributed by atoms with E-state index in [9.17, 15) is 14.9 Å². The SMILES string of the molecule is NC1CCC2CN(C(=O)CCOc3ccccc3[N+](=O)[O-])CC12. The number of rotatable bonds is 5. The summed E-state index contributed by atoms with van der Waals surface area (Å²) in [5.74, 6) is 1.19. The molecule has 0 aromatic heterocycles. The van der Waals surface area contributed by atoms with Crippen molar-refractivity contribution in [2.45, 2.75) is 25.3 Å². The first kappa shape index (κ1) is 15.7. The van der Waals surface area contributed by atoms with Gasteiger partial charge in [-0.3, -0.25) is 14.9 Å². The van der Waals surface area contributed by atoms with Crippen LogP contribution < -0.4 is 10.5 Å². The van der Waals surface area contributed by atoms with Crippen molar-refractivity contribution >= 4 is 11.6 Å². The average Bonchev–Trinajstić information content (AvgIpc) is 3.10. The Bertz CT molecular complexity index is 607. The molecule has 0 spiro atoms. The van der Waals surface area contributed by atoms with Crippen molar-refractivity contribution in [1.82, 2.24) is 4.90 Å². The van der Waals surface area contributed by atoms with E-state index < -0.39 is 4.92 Å². The van der Waals surface area contributed by atoms with Crippen molar-refractivity contribution in [3.63, 3.8) is 0 Å². The minimum absolute atomic E-state index is 0.0326. The molecule has 1 heterocycles. The number of hydrogen-bond acceptors (Lipinski definition) is 5. The lowest BCUT2D eigenvalue weighted by atomic mass is 9.98. The summed E-state index contributed by atoms with van der Waals surface area (Å²) in [5, 5.41) is 10.9. The number of nitrogens with two attached hydrogens (primary N) is 1. The normalized spacial score (nSPS) is 26.1. The Balaban J connectivity index is 1.50. The zero-order chi connectivity index (χ0) is 16.4. The number of hydrogen-bond donors (Lipinski definition) is 1. The third-order valence-electron chi connectivity index (χ3n) is 4.90. The van der Waals surface area contributed by atoms with Gasteiger partial charge in [0.1, 0.15) is 0 Å². The lowest BCUT2D eigenvalue weighted by molar-refractivity contribution is -0.385. The second kappa shape index (κ2) is 6.54. The highest BCUT2D eigenvalue weighted by Gasteiger charge is 2.42. The van der Waals surface area contributed by atoms with Gasteiger partial charge in [0.15, 0.2) is 5.75 Å². The number of carbonyl (C=O) groups excluding carboxylic acids is 1. The summed E-state index contributed by atoms with van der Waals surface area (Å²) in [6, 6.07) is 6.40. The quantitative estimate of drug-likeness (QED) is 0.656. The number of amides is 1. The zero-order valence-corrected chi connectivity index (χ0v) is 12.9. The fraction of sp³-hybridized carbons (Fsp3) is 0.562. The summed E-state index contributed by atoms with van der Waals surface area (Å²) in [6.45, 7) is 1.65. The van der Waals surface area contributed by atoms with Gasteiger partial charge in [-0.2, -0.15) is 0 Å². The monoisotopic (exact) mass is 319 g/mol. The fourth-order valence-corrected chi connectivity index (χ4v) is 3.65. The molecule has 1 aliphatic carbocycles. The predicted molar refractivity (Wildman–Crippen MR) is 84.0 cm³/mol. The van der Waals surface area contributed by atoms with Crippen LogP contribution in [0, 0.1) is 22.0 Å². The van der Waals surface area contributed by atoms with Crippen molar-refractivity contribution in [1.29, 1.82) is 0 Å². The van der Waals surface area contributed by atoms with Crippen LogP contribution in [0.15, 0.2) is 24.3 Å². The molecule has 1 aliphatic heterocycles. The number of para-hydroxylation sites is 2. The van der Waals surface area contributed by atoms with Crippen molar-refractivity contribution in [3.8, 4) is 5.75 Å². The molecule has 1 aromatic rings. The van der Waals surface area contributed by atoms with Crippen molar-refractivity contribution in [3.05, 3.63) is 34.4 Å². The lowest BCUT2D eigenvalue weighted by Crippen LogP contribution is -2.34. The molecule has 1 amide bonds. The molecule has 3 rings (SSSR count). The average molecular weight is 319 g/mol. The van der Waals surface area contributed by atoms with E-state index >= 15 is 0 Å². The van der Waals surface area contributed by atoms with Gasteiger partial charge in [-0.1, -0.05) is 12.1 Å². The Kier molecular flexibility index (Phi) is 4.47. The topological polar surface area (TPSA) is 98.7 Å². The summed E-state index contributed by atoms with van der Waals surface area (Å²) < 4.78 is 5.43. The second-order valence-corrected chi connectivity index (χ2v) is 6.29. The Morgan fingerprint density at radius 3 is 2.87 bits per heavy atom. The molecule has 1 saturated carbocycles. The Morgan fingerprint density at radius 2 is 2.13 bits per heavy atom. The van der Waals surface area contributed by atoms with Crippen LogP contribution in [-0.2, 0) is 4.79 Å². The number of nitro benzene ring substituents is 1. The van der Waals surface area contributed by atoms with E-state index in [0.717, 1.165) is 25.9 Å². The summed E-state index contributed by atoms with van der Waals surface area (Å²) >= 11 is 0. The molecule has 2 N–H and O–H groups in total. The second-order valence-electron chi connectivity index (χ2n) is 6.29. The van der Waals surface area contributed by atoms with Gasteiger partial charge in [0.05, 0.1) is 18.0 Å². The minimum Gasteiger partial charge on any atom is -0.486 e. The van der Waals surface area contributed by atoms with Crippen molar-refractivity contribution in [2.75, 3.05) is 19.7 Å². The number of likely N-dealkylation sites (tertiary alicyclic amines) is 1. The molecule has 7 nitrogen and oxygen atoms in total. The molecule has 0 radical (unpaired) electrons. The van der Waals surface area contributed by atoms with Crippen LogP contribution in [-0.4, -0.2) is 41.5 Å². The van der Waals surface area contributed by atoms with Crippen LogP contribution in [0.3, 0.4) is 0 Å². The molecular weight excluding hydrogens is 298 g/mol. The number of fused-ring (bicyclic) bond motifs is 1. The molecule has 0 bridgehead atoms. The number of nitrogens with zero attached hydrogens (tertiary/aromatic N) is 2. The molecule has 1 aromatic carbocycles. The Hall–Kier alpha value is -2.15. The highest BCUT2D eigenvalue weighted by atomic mass is 16.6. The molecular formula is C16H21N3O4. The number of benzene rings is 1. The number of nitro groups is 1. The van der Waals surface area contributed by atoms with Crippen LogP contribution in [0.25, 0.3) is 0 Å². The first-order valence-electron chi connectivity index (χ1n) is 7.96. The minimum atomic E-state index is -0.486. The molecule has 2 aliphatic rings.